The Bertz CT molecular complexity index is 1120. The van der Waals surface area contributed by atoms with Gasteiger partial charge in [0.05, 0.1) is 50.4 Å². The van der Waals surface area contributed by atoms with E-state index in [1.165, 1.54) is 18.9 Å². The van der Waals surface area contributed by atoms with E-state index in [1.54, 1.807) is 12.1 Å². The topological polar surface area (TPSA) is 75.6 Å². The van der Waals surface area contributed by atoms with Crippen LogP contribution in [0.5, 0.6) is 11.6 Å². The van der Waals surface area contributed by atoms with Crippen LogP contribution in [0.1, 0.15) is 36.1 Å². The molecule has 3 aromatic rings. The Labute approximate surface area is 192 Å². The Morgan fingerprint density at radius 1 is 1.09 bits per heavy atom. The first-order chi connectivity index (χ1) is 16.2. The Kier molecular flexibility index (Phi) is 6.64. The smallest absolute Gasteiger partial charge is 0.213 e. The van der Waals surface area contributed by atoms with Crippen LogP contribution < -0.4 is 9.47 Å². The number of hydrogen-bond acceptors (Lipinski definition) is 7. The van der Waals surface area contributed by atoms with Crippen LogP contribution in [0.4, 0.5) is 4.39 Å². The van der Waals surface area contributed by atoms with Gasteiger partial charge in [-0.25, -0.2) is 9.37 Å². The Morgan fingerprint density at radius 2 is 1.97 bits per heavy atom. The summed E-state index contributed by atoms with van der Waals surface area (Å²) in [5, 5.41) is 0. The third-order valence-electron chi connectivity index (χ3n) is 6.28. The van der Waals surface area contributed by atoms with Crippen molar-refractivity contribution in [1.29, 1.82) is 0 Å². The highest BCUT2D eigenvalue weighted by atomic mass is 19.1. The lowest BCUT2D eigenvalue weighted by Crippen LogP contribution is -2.32. The van der Waals surface area contributed by atoms with Crippen LogP contribution in [0.3, 0.4) is 0 Å². The van der Waals surface area contributed by atoms with Crippen molar-refractivity contribution in [3.05, 3.63) is 53.2 Å². The minimum Gasteiger partial charge on any atom is -0.492 e. The summed E-state index contributed by atoms with van der Waals surface area (Å²) in [6.07, 6.45) is 7.68. The molecule has 0 bridgehead atoms. The fourth-order valence-corrected chi connectivity index (χ4v) is 4.40. The number of ether oxygens (including phenoxy) is 4. The summed E-state index contributed by atoms with van der Waals surface area (Å²) >= 11 is 0. The second kappa shape index (κ2) is 9.97. The number of fused-ring (bicyclic) bond motifs is 2. The molecule has 1 saturated heterocycles. The molecule has 2 aliphatic rings. The fraction of sp³-hybridized carbons (Fsp3) is 0.480. The van der Waals surface area contributed by atoms with Crippen LogP contribution >= 0.6 is 0 Å². The Hall–Kier alpha value is -2.84. The van der Waals surface area contributed by atoms with Gasteiger partial charge in [0.2, 0.25) is 5.88 Å². The van der Waals surface area contributed by atoms with Gasteiger partial charge in [-0.15, -0.1) is 0 Å². The second-order valence-corrected chi connectivity index (χ2v) is 8.58. The number of hydrogen-bond donors (Lipinski definition) is 0. The molecule has 0 spiro atoms. The normalized spacial score (nSPS) is 20.3. The van der Waals surface area contributed by atoms with Crippen LogP contribution in [0.15, 0.2) is 30.6 Å². The molecule has 1 fully saturated rings. The standard InChI is InChI=1S/C25H28FN3O4/c1-30-23-8-7-21-25(29-23)19(20(26)12-28-21)6-9-24-32-14-16(15-33-24)4-5-18-11-17-3-2-10-31-22(17)13-27-18/h7-8,11-13,16,24H,2-6,9-10,14-15H2,1H3. The summed E-state index contributed by atoms with van der Waals surface area (Å²) in [7, 11) is 1.54. The largest absolute Gasteiger partial charge is 0.492 e. The van der Waals surface area contributed by atoms with Crippen LogP contribution in [0.2, 0.25) is 0 Å². The van der Waals surface area contributed by atoms with Crippen molar-refractivity contribution in [2.45, 2.75) is 44.8 Å². The van der Waals surface area contributed by atoms with Gasteiger partial charge in [0, 0.05) is 29.7 Å². The van der Waals surface area contributed by atoms with Crippen molar-refractivity contribution < 1.29 is 23.3 Å². The molecule has 8 heteroatoms. The van der Waals surface area contributed by atoms with Crippen molar-refractivity contribution in [2.75, 3.05) is 26.9 Å². The molecular formula is C25H28FN3O4. The lowest BCUT2D eigenvalue weighted by Gasteiger charge is -2.29. The maximum Gasteiger partial charge on any atom is 0.213 e. The molecule has 0 atom stereocenters. The number of nitrogens with zero attached hydrogens (tertiary/aromatic N) is 3. The highest BCUT2D eigenvalue weighted by molar-refractivity contribution is 5.78. The zero-order valence-electron chi connectivity index (χ0n) is 18.8. The molecule has 3 aromatic heterocycles. The predicted octanol–water partition coefficient (Wildman–Crippen LogP) is 4.05. The number of rotatable bonds is 7. The number of aryl methyl sites for hydroxylation is 3. The summed E-state index contributed by atoms with van der Waals surface area (Å²) in [4.78, 5) is 13.1. The van der Waals surface area contributed by atoms with Gasteiger partial charge in [-0.05, 0) is 49.8 Å². The highest BCUT2D eigenvalue weighted by Crippen LogP contribution is 2.27. The number of pyridine rings is 3. The van der Waals surface area contributed by atoms with E-state index in [0.29, 0.717) is 54.5 Å². The van der Waals surface area contributed by atoms with E-state index in [2.05, 4.69) is 21.0 Å². The minimum absolute atomic E-state index is 0.319. The van der Waals surface area contributed by atoms with Crippen LogP contribution in [0.25, 0.3) is 11.0 Å². The van der Waals surface area contributed by atoms with Gasteiger partial charge in [0.25, 0.3) is 0 Å². The lowest BCUT2D eigenvalue weighted by molar-refractivity contribution is -0.203. The van der Waals surface area contributed by atoms with Crippen molar-refractivity contribution in [3.8, 4) is 11.6 Å². The molecule has 174 valence electrons. The Balaban J connectivity index is 1.13. The van der Waals surface area contributed by atoms with E-state index in [9.17, 15) is 4.39 Å². The second-order valence-electron chi connectivity index (χ2n) is 8.58. The van der Waals surface area contributed by atoms with Gasteiger partial charge in [0.15, 0.2) is 6.29 Å². The molecule has 5 rings (SSSR count). The van der Waals surface area contributed by atoms with E-state index >= 15 is 0 Å². The first kappa shape index (κ1) is 22.0. The third-order valence-corrected chi connectivity index (χ3v) is 6.28. The molecule has 0 radical (unpaired) electrons. The van der Waals surface area contributed by atoms with E-state index in [4.69, 9.17) is 18.9 Å². The first-order valence-electron chi connectivity index (χ1n) is 11.5. The van der Waals surface area contributed by atoms with Gasteiger partial charge < -0.3 is 18.9 Å². The van der Waals surface area contributed by atoms with Gasteiger partial charge >= 0.3 is 0 Å². The molecule has 0 saturated carbocycles. The molecule has 33 heavy (non-hydrogen) atoms. The van der Waals surface area contributed by atoms with Gasteiger partial charge in [0.1, 0.15) is 11.6 Å². The lowest BCUT2D eigenvalue weighted by atomic mass is 10.0. The maximum absolute atomic E-state index is 14.5. The SMILES string of the molecule is COc1ccc2ncc(F)c(CCC3OCC(CCc4cc5c(cn4)OCCC5)CO3)c2n1. The summed E-state index contributed by atoms with van der Waals surface area (Å²) in [5.74, 6) is 1.30. The molecule has 0 aliphatic carbocycles. The molecule has 5 heterocycles. The van der Waals surface area contributed by atoms with Crippen LogP contribution in [-0.2, 0) is 28.7 Å². The molecule has 0 aromatic carbocycles. The molecule has 2 aliphatic heterocycles. The van der Waals surface area contributed by atoms with Crippen LogP contribution in [-0.4, -0.2) is 48.2 Å². The zero-order chi connectivity index (χ0) is 22.6. The van der Waals surface area contributed by atoms with E-state index < -0.39 is 0 Å². The van der Waals surface area contributed by atoms with E-state index in [1.807, 2.05) is 6.20 Å². The number of aromatic nitrogens is 3. The number of halogens is 1. The zero-order valence-corrected chi connectivity index (χ0v) is 18.8. The molecule has 0 unspecified atom stereocenters. The van der Waals surface area contributed by atoms with Gasteiger partial charge in [-0.1, -0.05) is 0 Å². The summed E-state index contributed by atoms with van der Waals surface area (Å²) in [6, 6.07) is 5.67. The van der Waals surface area contributed by atoms with Crippen molar-refractivity contribution in [1.82, 2.24) is 15.0 Å². The van der Waals surface area contributed by atoms with E-state index in [-0.39, 0.29) is 12.1 Å². The summed E-state index contributed by atoms with van der Waals surface area (Å²) < 4.78 is 37.2. The van der Waals surface area contributed by atoms with Gasteiger partial charge in [-0.3, -0.25) is 9.97 Å². The average molecular weight is 454 g/mol. The van der Waals surface area contributed by atoms with Crippen molar-refractivity contribution >= 4 is 11.0 Å². The monoisotopic (exact) mass is 453 g/mol. The first-order valence-corrected chi connectivity index (χ1v) is 11.5. The van der Waals surface area contributed by atoms with Crippen LogP contribution in [0, 0.1) is 11.7 Å². The molecule has 0 N–H and O–H groups in total. The Morgan fingerprint density at radius 3 is 2.82 bits per heavy atom. The maximum atomic E-state index is 14.5. The van der Waals surface area contributed by atoms with E-state index in [0.717, 1.165) is 43.7 Å². The highest BCUT2D eigenvalue weighted by Gasteiger charge is 2.23. The van der Waals surface area contributed by atoms with Crippen molar-refractivity contribution in [2.24, 2.45) is 5.92 Å². The molecular weight excluding hydrogens is 425 g/mol. The number of methoxy groups -OCH3 is 1. The minimum atomic E-state index is -0.375. The third kappa shape index (κ3) is 5.07. The van der Waals surface area contributed by atoms with Crippen molar-refractivity contribution in [3.63, 3.8) is 0 Å². The quantitative estimate of drug-likeness (QED) is 0.534. The predicted molar refractivity (Wildman–Crippen MR) is 120 cm³/mol. The average Bonchev–Trinajstić information content (AvgIpc) is 2.87. The fourth-order valence-electron chi connectivity index (χ4n) is 4.40. The summed E-state index contributed by atoms with van der Waals surface area (Å²) in [5.41, 5.74) is 4.01. The molecule has 7 nitrogen and oxygen atoms in total. The summed E-state index contributed by atoms with van der Waals surface area (Å²) in [6.45, 7) is 2.04. The molecule has 0 amide bonds. The van der Waals surface area contributed by atoms with Gasteiger partial charge in [-0.2, -0.15) is 0 Å².